The summed E-state index contributed by atoms with van der Waals surface area (Å²) in [6, 6.07) is 10.4. The van der Waals surface area contributed by atoms with Gasteiger partial charge in [0.15, 0.2) is 0 Å². The first-order valence-electron chi connectivity index (χ1n) is 8.47. The van der Waals surface area contributed by atoms with Gasteiger partial charge < -0.3 is 9.32 Å². The number of fused-ring (bicyclic) bond motifs is 1. The molecule has 130 valence electrons. The van der Waals surface area contributed by atoms with Crippen molar-refractivity contribution in [1.29, 1.82) is 0 Å². The Morgan fingerprint density at radius 3 is 2.64 bits per heavy atom. The van der Waals surface area contributed by atoms with E-state index in [0.29, 0.717) is 13.1 Å². The van der Waals surface area contributed by atoms with Crippen LogP contribution in [-0.2, 0) is 17.8 Å². The summed E-state index contributed by atoms with van der Waals surface area (Å²) in [4.78, 5) is 14.4. The van der Waals surface area contributed by atoms with Gasteiger partial charge in [-0.2, -0.15) is 0 Å². The number of carbonyl (C=O) groups is 1. The van der Waals surface area contributed by atoms with Gasteiger partial charge in [-0.25, -0.2) is 4.39 Å². The fourth-order valence-corrected chi connectivity index (χ4v) is 2.98. The Hall–Kier alpha value is -2.62. The fraction of sp³-hybridized carbons (Fsp3) is 0.286. The number of amides is 1. The summed E-state index contributed by atoms with van der Waals surface area (Å²) >= 11 is 0. The van der Waals surface area contributed by atoms with Crippen LogP contribution in [0.4, 0.5) is 4.39 Å². The van der Waals surface area contributed by atoms with Crippen molar-refractivity contribution in [3.05, 3.63) is 70.7 Å². The molecule has 0 saturated carbocycles. The highest BCUT2D eigenvalue weighted by Gasteiger charge is 2.17. The minimum Gasteiger partial charge on any atom is -0.464 e. The summed E-state index contributed by atoms with van der Waals surface area (Å²) in [5, 5.41) is 0.984. The zero-order chi connectivity index (χ0) is 18.0. The molecule has 1 aromatic heterocycles. The van der Waals surface area contributed by atoms with Crippen LogP contribution in [0.1, 0.15) is 29.2 Å². The van der Waals surface area contributed by atoms with Gasteiger partial charge in [0.1, 0.15) is 11.4 Å². The Kier molecular flexibility index (Phi) is 4.88. The summed E-state index contributed by atoms with van der Waals surface area (Å²) in [7, 11) is 0. The second kappa shape index (κ2) is 7.09. The lowest BCUT2D eigenvalue weighted by atomic mass is 10.0. The number of furan rings is 1. The average Bonchev–Trinajstić information content (AvgIpc) is 2.95. The normalized spacial score (nSPS) is 11.0. The van der Waals surface area contributed by atoms with Crippen LogP contribution in [0.25, 0.3) is 11.0 Å². The first-order chi connectivity index (χ1) is 12.0. The molecular weight excluding hydrogens is 317 g/mol. The molecule has 0 fully saturated rings. The highest BCUT2D eigenvalue weighted by atomic mass is 19.1. The lowest BCUT2D eigenvalue weighted by molar-refractivity contribution is -0.130. The molecule has 1 heterocycles. The summed E-state index contributed by atoms with van der Waals surface area (Å²) in [5.74, 6) is -0.277. The van der Waals surface area contributed by atoms with Gasteiger partial charge in [-0.05, 0) is 61.7 Å². The number of aryl methyl sites for hydroxylation is 2. The third-order valence-electron chi connectivity index (χ3n) is 4.61. The molecule has 2 aromatic carbocycles. The lowest BCUT2D eigenvalue weighted by Crippen LogP contribution is -2.31. The van der Waals surface area contributed by atoms with Crippen LogP contribution < -0.4 is 0 Å². The van der Waals surface area contributed by atoms with Crippen LogP contribution in [0, 0.1) is 19.7 Å². The van der Waals surface area contributed by atoms with Crippen LogP contribution in [-0.4, -0.2) is 17.4 Å². The maximum absolute atomic E-state index is 13.4. The molecule has 3 aromatic rings. The van der Waals surface area contributed by atoms with Crippen molar-refractivity contribution in [2.75, 3.05) is 6.54 Å². The number of nitrogens with zero attached hydrogens (tertiary/aromatic N) is 1. The largest absolute Gasteiger partial charge is 0.464 e. The Morgan fingerprint density at radius 2 is 1.92 bits per heavy atom. The van der Waals surface area contributed by atoms with Crippen molar-refractivity contribution in [3.8, 4) is 0 Å². The van der Waals surface area contributed by atoms with E-state index in [0.717, 1.165) is 22.1 Å². The molecule has 3 rings (SSSR count). The topological polar surface area (TPSA) is 33.5 Å². The Labute approximate surface area is 147 Å². The highest BCUT2D eigenvalue weighted by molar-refractivity contribution is 5.88. The van der Waals surface area contributed by atoms with Gasteiger partial charge in [-0.3, -0.25) is 4.79 Å². The number of halogens is 1. The van der Waals surface area contributed by atoms with Gasteiger partial charge in [0.2, 0.25) is 5.91 Å². The van der Waals surface area contributed by atoms with Gasteiger partial charge in [0.05, 0.1) is 12.7 Å². The van der Waals surface area contributed by atoms with Gasteiger partial charge in [0, 0.05) is 24.0 Å². The molecular formula is C21H22FNO2. The molecule has 0 saturated heterocycles. The van der Waals surface area contributed by atoms with E-state index in [9.17, 15) is 9.18 Å². The van der Waals surface area contributed by atoms with E-state index in [1.807, 2.05) is 26.0 Å². The Morgan fingerprint density at radius 1 is 1.16 bits per heavy atom. The van der Waals surface area contributed by atoms with Gasteiger partial charge in [-0.1, -0.05) is 12.1 Å². The summed E-state index contributed by atoms with van der Waals surface area (Å²) in [6.45, 7) is 7.00. The molecule has 3 nitrogen and oxygen atoms in total. The van der Waals surface area contributed by atoms with Crippen LogP contribution in [0.2, 0.25) is 0 Å². The number of rotatable bonds is 5. The second-order valence-corrected chi connectivity index (χ2v) is 6.41. The predicted octanol–water partition coefficient (Wildman–Crippen LogP) is 4.78. The molecule has 0 radical (unpaired) electrons. The maximum Gasteiger partial charge on any atom is 0.227 e. The van der Waals surface area contributed by atoms with Crippen LogP contribution in [0.15, 0.2) is 47.1 Å². The SMILES string of the molecule is CCN(Cc1cccc(F)c1)C(=O)Cc1coc2cc(C)c(C)cc12. The Balaban J connectivity index is 1.79. The van der Waals surface area contributed by atoms with Crippen molar-refractivity contribution in [2.45, 2.75) is 33.7 Å². The zero-order valence-corrected chi connectivity index (χ0v) is 14.8. The molecule has 25 heavy (non-hydrogen) atoms. The van der Waals surface area contributed by atoms with E-state index in [1.54, 1.807) is 17.2 Å². The molecule has 0 atom stereocenters. The van der Waals surface area contributed by atoms with E-state index in [-0.39, 0.29) is 18.1 Å². The lowest BCUT2D eigenvalue weighted by Gasteiger charge is -2.21. The van der Waals surface area contributed by atoms with E-state index in [2.05, 4.69) is 13.0 Å². The standard InChI is InChI=1S/C21H22FNO2/c1-4-23(12-16-6-5-7-18(22)10-16)21(24)11-17-13-25-20-9-15(3)14(2)8-19(17)20/h5-10,13H,4,11-12H2,1-3H3. The predicted molar refractivity (Wildman–Crippen MR) is 96.9 cm³/mol. The minimum absolute atomic E-state index is 0.00712. The van der Waals surface area contributed by atoms with Crippen LogP contribution in [0.5, 0.6) is 0 Å². The summed E-state index contributed by atoms with van der Waals surface area (Å²) in [6.07, 6.45) is 1.94. The molecule has 0 spiro atoms. The molecule has 0 bridgehead atoms. The smallest absolute Gasteiger partial charge is 0.227 e. The third kappa shape index (κ3) is 3.73. The maximum atomic E-state index is 13.4. The zero-order valence-electron chi connectivity index (χ0n) is 14.8. The van der Waals surface area contributed by atoms with Crippen molar-refractivity contribution in [3.63, 3.8) is 0 Å². The first-order valence-corrected chi connectivity index (χ1v) is 8.47. The Bertz CT molecular complexity index is 913. The first kappa shape index (κ1) is 17.2. The van der Waals surface area contributed by atoms with Crippen molar-refractivity contribution >= 4 is 16.9 Å². The van der Waals surface area contributed by atoms with Gasteiger partial charge in [-0.15, -0.1) is 0 Å². The molecule has 1 amide bonds. The quantitative estimate of drug-likeness (QED) is 0.670. The van der Waals surface area contributed by atoms with E-state index in [1.165, 1.54) is 23.3 Å². The molecule has 0 N–H and O–H groups in total. The highest BCUT2D eigenvalue weighted by Crippen LogP contribution is 2.25. The molecule has 0 aliphatic heterocycles. The average molecular weight is 339 g/mol. The summed E-state index contributed by atoms with van der Waals surface area (Å²) in [5.41, 5.74) is 4.83. The van der Waals surface area contributed by atoms with Crippen molar-refractivity contribution < 1.29 is 13.6 Å². The number of carbonyl (C=O) groups excluding carboxylic acids is 1. The fourth-order valence-electron chi connectivity index (χ4n) is 2.98. The number of hydrogen-bond donors (Lipinski definition) is 0. The van der Waals surface area contributed by atoms with E-state index in [4.69, 9.17) is 4.42 Å². The molecule has 0 aliphatic carbocycles. The minimum atomic E-state index is -0.285. The second-order valence-electron chi connectivity index (χ2n) is 6.41. The van der Waals surface area contributed by atoms with Gasteiger partial charge >= 0.3 is 0 Å². The summed E-state index contributed by atoms with van der Waals surface area (Å²) < 4.78 is 19.0. The van der Waals surface area contributed by atoms with E-state index < -0.39 is 0 Å². The number of likely N-dealkylation sites (N-methyl/N-ethyl adjacent to an activating group) is 1. The molecule has 0 aliphatic rings. The van der Waals surface area contributed by atoms with E-state index >= 15 is 0 Å². The molecule has 4 heteroatoms. The van der Waals surface area contributed by atoms with Crippen LogP contribution >= 0.6 is 0 Å². The van der Waals surface area contributed by atoms with Crippen molar-refractivity contribution in [2.24, 2.45) is 0 Å². The molecule has 0 unspecified atom stereocenters. The number of benzene rings is 2. The monoisotopic (exact) mass is 339 g/mol. The third-order valence-corrected chi connectivity index (χ3v) is 4.61. The number of hydrogen-bond acceptors (Lipinski definition) is 2. The van der Waals surface area contributed by atoms with Crippen LogP contribution in [0.3, 0.4) is 0 Å². The van der Waals surface area contributed by atoms with Crippen molar-refractivity contribution in [1.82, 2.24) is 4.90 Å². The van der Waals surface area contributed by atoms with Gasteiger partial charge in [0.25, 0.3) is 0 Å².